The van der Waals surface area contributed by atoms with Gasteiger partial charge in [0.1, 0.15) is 0 Å². The van der Waals surface area contributed by atoms with E-state index in [9.17, 15) is 37.5 Å². The van der Waals surface area contributed by atoms with E-state index in [0.29, 0.717) is 19.4 Å². The molecule has 2 aliphatic carbocycles. The predicted octanol–water partition coefficient (Wildman–Crippen LogP) is 3.49. The molecule has 0 spiro atoms. The van der Waals surface area contributed by atoms with Gasteiger partial charge in [0.05, 0.1) is 30.8 Å². The lowest BCUT2D eigenvalue weighted by molar-refractivity contribution is -0.142. The third-order valence-corrected chi connectivity index (χ3v) is 11.7. The van der Waals surface area contributed by atoms with Crippen LogP contribution in [-0.2, 0) is 40.4 Å². The van der Waals surface area contributed by atoms with Crippen LogP contribution in [-0.4, -0.2) is 78.1 Å². The maximum atomic E-state index is 13.6. The number of hydrogen-bond donors (Lipinski definition) is 3. The molecule has 3 N–H and O–H groups in total. The van der Waals surface area contributed by atoms with Crippen LogP contribution in [0.3, 0.4) is 0 Å². The topological polar surface area (TPSA) is 167 Å². The van der Waals surface area contributed by atoms with E-state index in [-0.39, 0.29) is 42.8 Å². The maximum absolute atomic E-state index is 13.6. The maximum Gasteiger partial charge on any atom is 0.305 e. The third-order valence-electron chi connectivity index (χ3n) is 10.4. The number of carboxylic acid groups (broad SMARTS) is 1. The number of carboxylic acids is 1. The van der Waals surface area contributed by atoms with Gasteiger partial charge in [-0.05, 0) is 59.3 Å². The zero-order valence-corrected chi connectivity index (χ0v) is 28.7. The zero-order valence-electron chi connectivity index (χ0n) is 27.9. The van der Waals surface area contributed by atoms with Crippen LogP contribution in [0.1, 0.15) is 71.8 Å². The molecule has 2 saturated carbocycles. The molecule has 2 aromatic rings. The summed E-state index contributed by atoms with van der Waals surface area (Å²) in [5.41, 5.74) is -0.956. The number of amides is 2. The van der Waals surface area contributed by atoms with Crippen LogP contribution >= 0.6 is 0 Å². The largest absolute Gasteiger partial charge is 0.481 e. The number of nitrogens with one attached hydrogen (secondary N) is 2. The first kappa shape index (κ1) is 36.2. The summed E-state index contributed by atoms with van der Waals surface area (Å²) in [6.07, 6.45) is 2.54. The number of aryl methyl sites for hydroxylation is 1. The van der Waals surface area contributed by atoms with Gasteiger partial charge in [-0.3, -0.25) is 24.0 Å². The molecule has 47 heavy (non-hydrogen) atoms. The molecule has 0 saturated heterocycles. The highest BCUT2D eigenvalue weighted by Gasteiger charge is 2.68. The number of ketones is 2. The molecular formula is C35H47N3O8S. The van der Waals surface area contributed by atoms with Crippen LogP contribution in [0, 0.1) is 23.2 Å². The Balaban J connectivity index is 1.40. The molecule has 2 amide bonds. The molecule has 0 heterocycles. The summed E-state index contributed by atoms with van der Waals surface area (Å²) >= 11 is 0. The van der Waals surface area contributed by atoms with Gasteiger partial charge < -0.3 is 15.7 Å². The fourth-order valence-corrected chi connectivity index (χ4v) is 9.00. The standard InChI is InChI=1S/C35H47N3O8S/c1-22(2)27(19-31(41)36-17-9-13-24-12-8-11-23-10-6-7-14-26(23)24)33(44)37-28(20-32(42)43)29(39)21-38(47(5,45)46)35-16-15-25(18-30(35)40)34(35,3)4/h6-8,10-12,14,22,25,27-28H,9,13,15-21H2,1-5H3,(H,36,41)(H,37,44)(H,42,43). The van der Waals surface area contributed by atoms with Crippen molar-refractivity contribution in [3.05, 3.63) is 48.0 Å². The van der Waals surface area contributed by atoms with Crippen molar-refractivity contribution in [1.82, 2.24) is 14.9 Å². The molecule has 2 bridgehead atoms. The van der Waals surface area contributed by atoms with Crippen molar-refractivity contribution in [1.29, 1.82) is 0 Å². The molecule has 256 valence electrons. The number of carbonyl (C=O) groups excluding carboxylic acids is 4. The monoisotopic (exact) mass is 669 g/mol. The van der Waals surface area contributed by atoms with Crippen LogP contribution in [0.5, 0.6) is 0 Å². The Hall–Kier alpha value is -3.64. The average Bonchev–Trinajstić information content (AvgIpc) is 3.35. The Morgan fingerprint density at radius 3 is 2.32 bits per heavy atom. The van der Waals surface area contributed by atoms with Crippen LogP contribution in [0.25, 0.3) is 10.8 Å². The summed E-state index contributed by atoms with van der Waals surface area (Å²) in [6, 6.07) is 12.6. The van der Waals surface area contributed by atoms with E-state index in [1.807, 2.05) is 32.0 Å². The van der Waals surface area contributed by atoms with Crippen molar-refractivity contribution in [3.8, 4) is 0 Å². The van der Waals surface area contributed by atoms with Gasteiger partial charge in [0.15, 0.2) is 11.6 Å². The SMILES string of the molecule is CC(C)C(CC(=O)NCCCc1cccc2ccccc12)C(=O)NC(CC(=O)O)C(=O)CN(C12CCC(CC1=O)C2(C)C)S(C)(=O)=O. The van der Waals surface area contributed by atoms with E-state index in [0.717, 1.165) is 27.8 Å². The first-order chi connectivity index (χ1) is 22.0. The second kappa shape index (κ2) is 14.2. The van der Waals surface area contributed by atoms with Crippen LogP contribution < -0.4 is 10.6 Å². The molecule has 4 rings (SSSR count). The second-order valence-corrected chi connectivity index (χ2v) is 15.9. The number of benzene rings is 2. The minimum atomic E-state index is -4.09. The Labute approximate surface area is 276 Å². The zero-order chi connectivity index (χ0) is 34.7. The Bertz CT molecular complexity index is 1650. The van der Waals surface area contributed by atoms with Gasteiger partial charge >= 0.3 is 5.97 Å². The summed E-state index contributed by atoms with van der Waals surface area (Å²) in [6.45, 7) is 6.81. The smallest absolute Gasteiger partial charge is 0.305 e. The molecule has 0 aliphatic heterocycles. The van der Waals surface area contributed by atoms with Gasteiger partial charge in [-0.2, -0.15) is 4.31 Å². The van der Waals surface area contributed by atoms with Gasteiger partial charge in [-0.15, -0.1) is 0 Å². The number of aliphatic carboxylic acids is 1. The fourth-order valence-electron chi connectivity index (χ4n) is 7.64. The second-order valence-electron chi connectivity index (χ2n) is 14.0. The van der Waals surface area contributed by atoms with E-state index in [1.54, 1.807) is 13.8 Å². The number of sulfonamides is 1. The Morgan fingerprint density at radius 2 is 1.72 bits per heavy atom. The van der Waals surface area contributed by atoms with Crippen molar-refractivity contribution in [3.63, 3.8) is 0 Å². The molecule has 12 heteroatoms. The van der Waals surface area contributed by atoms with Gasteiger partial charge in [0.2, 0.25) is 21.8 Å². The summed E-state index contributed by atoms with van der Waals surface area (Å²) in [5, 5.41) is 17.3. The van der Waals surface area contributed by atoms with E-state index in [2.05, 4.69) is 34.9 Å². The lowest BCUT2D eigenvalue weighted by Crippen LogP contribution is -2.62. The van der Waals surface area contributed by atoms with E-state index >= 15 is 0 Å². The molecule has 0 aromatic heterocycles. The van der Waals surface area contributed by atoms with E-state index < -0.39 is 63.6 Å². The quantitative estimate of drug-likeness (QED) is 0.229. The number of rotatable bonds is 16. The Kier molecular flexibility index (Phi) is 11.0. The highest BCUT2D eigenvalue weighted by Crippen LogP contribution is 2.61. The molecule has 2 aliphatic rings. The highest BCUT2D eigenvalue weighted by molar-refractivity contribution is 7.88. The van der Waals surface area contributed by atoms with Gasteiger partial charge in [-0.1, -0.05) is 70.2 Å². The van der Waals surface area contributed by atoms with Crippen molar-refractivity contribution in [2.24, 2.45) is 23.2 Å². The number of carbonyl (C=O) groups is 5. The van der Waals surface area contributed by atoms with Crippen molar-refractivity contribution < 1.29 is 37.5 Å². The molecule has 4 unspecified atom stereocenters. The van der Waals surface area contributed by atoms with Gasteiger partial charge in [0.25, 0.3) is 0 Å². The minimum Gasteiger partial charge on any atom is -0.481 e. The van der Waals surface area contributed by atoms with Crippen molar-refractivity contribution >= 4 is 50.1 Å². The number of Topliss-reactive ketones (excluding diaryl/α,β-unsaturated/α-hetero) is 2. The molecule has 4 atom stereocenters. The predicted molar refractivity (Wildman–Crippen MR) is 178 cm³/mol. The highest BCUT2D eigenvalue weighted by atomic mass is 32.2. The summed E-state index contributed by atoms with van der Waals surface area (Å²) < 4.78 is 27.1. The van der Waals surface area contributed by atoms with Gasteiger partial charge in [-0.25, -0.2) is 8.42 Å². The molecule has 2 aromatic carbocycles. The lowest BCUT2D eigenvalue weighted by Gasteiger charge is -2.44. The van der Waals surface area contributed by atoms with Crippen LogP contribution in [0.15, 0.2) is 42.5 Å². The first-order valence-electron chi connectivity index (χ1n) is 16.3. The first-order valence-corrected chi connectivity index (χ1v) is 18.1. The molecule has 2 fully saturated rings. The third kappa shape index (κ3) is 7.59. The van der Waals surface area contributed by atoms with E-state index in [4.69, 9.17) is 0 Å². The number of hydrogen-bond acceptors (Lipinski definition) is 7. The van der Waals surface area contributed by atoms with Crippen LogP contribution in [0.4, 0.5) is 0 Å². The van der Waals surface area contributed by atoms with E-state index in [1.165, 1.54) is 5.56 Å². The Morgan fingerprint density at radius 1 is 1.04 bits per heavy atom. The molecular weight excluding hydrogens is 622 g/mol. The number of nitrogens with zero attached hydrogens (tertiary/aromatic N) is 1. The summed E-state index contributed by atoms with van der Waals surface area (Å²) in [5.74, 6) is -4.69. The fraction of sp³-hybridized carbons (Fsp3) is 0.571. The molecule has 11 nitrogen and oxygen atoms in total. The summed E-state index contributed by atoms with van der Waals surface area (Å²) in [7, 11) is -4.09. The van der Waals surface area contributed by atoms with Gasteiger partial charge in [0, 0.05) is 25.3 Å². The molecule has 0 radical (unpaired) electrons. The average molecular weight is 670 g/mol. The summed E-state index contributed by atoms with van der Waals surface area (Å²) in [4.78, 5) is 65.0. The van der Waals surface area contributed by atoms with Crippen molar-refractivity contribution in [2.45, 2.75) is 84.2 Å². The number of fused-ring (bicyclic) bond motifs is 3. The minimum absolute atomic E-state index is 0.0277. The van der Waals surface area contributed by atoms with Crippen LogP contribution in [0.2, 0.25) is 0 Å². The normalized spacial score (nSPS) is 21.6. The van der Waals surface area contributed by atoms with Crippen molar-refractivity contribution in [2.75, 3.05) is 19.3 Å². The lowest BCUT2D eigenvalue weighted by atomic mass is 9.75.